The minimum Gasteiger partial charge on any atom is -0.359 e. The van der Waals surface area contributed by atoms with Crippen LogP contribution < -0.4 is 10.2 Å². The fourth-order valence-electron chi connectivity index (χ4n) is 2.10. The Morgan fingerprint density at radius 2 is 1.82 bits per heavy atom. The van der Waals surface area contributed by atoms with E-state index >= 15 is 0 Å². The monoisotopic (exact) mass is 299 g/mol. The smallest absolute Gasteiger partial charge is 0.225 e. The van der Waals surface area contributed by atoms with Crippen molar-refractivity contribution in [2.45, 2.75) is 39.7 Å². The van der Waals surface area contributed by atoms with E-state index in [4.69, 9.17) is 0 Å². The number of nitrogens with one attached hydrogen (secondary N) is 1. The molecule has 5 heteroatoms. The van der Waals surface area contributed by atoms with Crippen molar-refractivity contribution >= 4 is 11.8 Å². The molecule has 22 heavy (non-hydrogen) atoms. The van der Waals surface area contributed by atoms with Crippen LogP contribution in [0.3, 0.4) is 0 Å². The molecule has 0 saturated carbocycles. The van der Waals surface area contributed by atoms with Gasteiger partial charge in [0.15, 0.2) is 0 Å². The lowest BCUT2D eigenvalue weighted by Gasteiger charge is -2.23. The van der Waals surface area contributed by atoms with Crippen LogP contribution in [-0.2, 0) is 6.42 Å². The van der Waals surface area contributed by atoms with Gasteiger partial charge in [-0.25, -0.2) is 4.98 Å². The zero-order chi connectivity index (χ0) is 16.2. The zero-order valence-electron chi connectivity index (χ0n) is 14.1. The summed E-state index contributed by atoms with van der Waals surface area (Å²) < 4.78 is 0. The number of hydrogen-bond donors (Lipinski definition) is 1. The Morgan fingerprint density at radius 1 is 1.14 bits per heavy atom. The van der Waals surface area contributed by atoms with Crippen LogP contribution in [-0.4, -0.2) is 34.1 Å². The van der Waals surface area contributed by atoms with Gasteiger partial charge < -0.3 is 10.2 Å². The second kappa shape index (κ2) is 6.73. The van der Waals surface area contributed by atoms with Crippen molar-refractivity contribution in [3.05, 3.63) is 41.9 Å². The standard InChI is InChI=1S/C17H25N5/c1-13-12-15(20-16(19-13)21-17(2,3)4)22(5)11-8-14-6-9-18-10-7-14/h6-7,9-10,12H,8,11H2,1-5H3,(H,19,20,21). The average molecular weight is 299 g/mol. The Labute approximate surface area is 132 Å². The molecule has 0 amide bonds. The lowest BCUT2D eigenvalue weighted by Crippen LogP contribution is -2.28. The lowest BCUT2D eigenvalue weighted by molar-refractivity contribution is 0.625. The fraction of sp³-hybridized carbons (Fsp3) is 0.471. The molecule has 0 atom stereocenters. The van der Waals surface area contributed by atoms with Gasteiger partial charge in [-0.05, 0) is 51.8 Å². The Morgan fingerprint density at radius 3 is 2.45 bits per heavy atom. The van der Waals surface area contributed by atoms with E-state index in [0.29, 0.717) is 5.95 Å². The summed E-state index contributed by atoms with van der Waals surface area (Å²) >= 11 is 0. The van der Waals surface area contributed by atoms with Gasteiger partial charge in [-0.15, -0.1) is 0 Å². The van der Waals surface area contributed by atoms with Crippen LogP contribution in [0.4, 0.5) is 11.8 Å². The molecule has 2 aromatic rings. The number of aromatic nitrogens is 3. The first-order valence-corrected chi connectivity index (χ1v) is 7.57. The Hall–Kier alpha value is -2.17. The van der Waals surface area contributed by atoms with E-state index in [1.165, 1.54) is 5.56 Å². The molecule has 1 N–H and O–H groups in total. The molecule has 118 valence electrons. The van der Waals surface area contributed by atoms with Crippen molar-refractivity contribution in [1.82, 2.24) is 15.0 Å². The summed E-state index contributed by atoms with van der Waals surface area (Å²) in [4.78, 5) is 15.3. The molecule has 0 spiro atoms. The molecule has 2 rings (SSSR count). The molecule has 2 aromatic heterocycles. The van der Waals surface area contributed by atoms with Crippen molar-refractivity contribution in [2.24, 2.45) is 0 Å². The summed E-state index contributed by atoms with van der Waals surface area (Å²) in [7, 11) is 2.06. The van der Waals surface area contributed by atoms with Crippen LogP contribution in [0.2, 0.25) is 0 Å². The van der Waals surface area contributed by atoms with Crippen LogP contribution in [0.15, 0.2) is 30.6 Å². The molecule has 0 unspecified atom stereocenters. The minimum atomic E-state index is -0.0549. The second-order valence-electron chi connectivity index (χ2n) is 6.59. The highest BCUT2D eigenvalue weighted by atomic mass is 15.2. The van der Waals surface area contributed by atoms with E-state index in [1.807, 2.05) is 37.5 Å². The molecule has 0 aliphatic rings. The third-order valence-electron chi connectivity index (χ3n) is 3.20. The predicted octanol–water partition coefficient (Wildman–Crippen LogP) is 3.07. The van der Waals surface area contributed by atoms with Gasteiger partial charge in [-0.3, -0.25) is 4.98 Å². The summed E-state index contributed by atoms with van der Waals surface area (Å²) in [5, 5.41) is 3.33. The van der Waals surface area contributed by atoms with Crippen molar-refractivity contribution in [2.75, 3.05) is 23.8 Å². The molecule has 0 aliphatic heterocycles. The number of aryl methyl sites for hydroxylation is 1. The minimum absolute atomic E-state index is 0.0549. The van der Waals surface area contributed by atoms with E-state index in [2.05, 4.69) is 53.0 Å². The van der Waals surface area contributed by atoms with Crippen LogP contribution in [0, 0.1) is 6.92 Å². The van der Waals surface area contributed by atoms with Gasteiger partial charge >= 0.3 is 0 Å². The van der Waals surface area contributed by atoms with E-state index in [-0.39, 0.29) is 5.54 Å². The first-order chi connectivity index (χ1) is 10.3. The van der Waals surface area contributed by atoms with Gasteiger partial charge in [-0.1, -0.05) is 0 Å². The molecule has 0 aliphatic carbocycles. The van der Waals surface area contributed by atoms with E-state index in [1.54, 1.807) is 0 Å². The van der Waals surface area contributed by atoms with Crippen LogP contribution in [0.5, 0.6) is 0 Å². The molecule has 0 fully saturated rings. The van der Waals surface area contributed by atoms with Crippen LogP contribution in [0.1, 0.15) is 32.0 Å². The highest BCUT2D eigenvalue weighted by Crippen LogP contribution is 2.17. The normalized spacial score (nSPS) is 11.3. The van der Waals surface area contributed by atoms with Gasteiger partial charge in [0.1, 0.15) is 5.82 Å². The zero-order valence-corrected chi connectivity index (χ0v) is 14.1. The summed E-state index contributed by atoms with van der Waals surface area (Å²) in [6, 6.07) is 6.11. The maximum Gasteiger partial charge on any atom is 0.225 e. The Kier molecular flexibility index (Phi) is 4.96. The van der Waals surface area contributed by atoms with Crippen molar-refractivity contribution in [3.8, 4) is 0 Å². The van der Waals surface area contributed by atoms with Crippen molar-refractivity contribution < 1.29 is 0 Å². The number of likely N-dealkylation sites (N-methyl/N-ethyl adjacent to an activating group) is 1. The highest BCUT2D eigenvalue weighted by Gasteiger charge is 2.13. The van der Waals surface area contributed by atoms with Gasteiger partial charge in [0.2, 0.25) is 5.95 Å². The third kappa shape index (κ3) is 4.98. The first kappa shape index (κ1) is 16.2. The Balaban J connectivity index is 2.07. The topological polar surface area (TPSA) is 53.9 Å². The van der Waals surface area contributed by atoms with Gasteiger partial charge in [-0.2, -0.15) is 4.98 Å². The van der Waals surface area contributed by atoms with E-state index < -0.39 is 0 Å². The molecule has 0 aromatic carbocycles. The lowest BCUT2D eigenvalue weighted by atomic mass is 10.1. The highest BCUT2D eigenvalue weighted by molar-refractivity contribution is 5.45. The van der Waals surface area contributed by atoms with Crippen molar-refractivity contribution in [3.63, 3.8) is 0 Å². The fourth-order valence-corrected chi connectivity index (χ4v) is 2.10. The van der Waals surface area contributed by atoms with Crippen LogP contribution in [0.25, 0.3) is 0 Å². The van der Waals surface area contributed by atoms with Crippen molar-refractivity contribution in [1.29, 1.82) is 0 Å². The summed E-state index contributed by atoms with van der Waals surface area (Å²) in [5.41, 5.74) is 2.19. The molecule has 0 saturated heterocycles. The molecular formula is C17H25N5. The number of rotatable bonds is 5. The summed E-state index contributed by atoms with van der Waals surface area (Å²) in [5.74, 6) is 1.62. The number of anilines is 2. The summed E-state index contributed by atoms with van der Waals surface area (Å²) in [6.07, 6.45) is 4.62. The number of hydrogen-bond acceptors (Lipinski definition) is 5. The SMILES string of the molecule is Cc1cc(N(C)CCc2ccncc2)nc(NC(C)(C)C)n1. The molecule has 0 radical (unpaired) electrons. The summed E-state index contributed by atoms with van der Waals surface area (Å²) in [6.45, 7) is 9.20. The molecular weight excluding hydrogens is 274 g/mol. The average Bonchev–Trinajstić information content (AvgIpc) is 2.43. The van der Waals surface area contributed by atoms with E-state index in [9.17, 15) is 0 Å². The largest absolute Gasteiger partial charge is 0.359 e. The maximum atomic E-state index is 4.62. The molecule has 2 heterocycles. The van der Waals surface area contributed by atoms with Gasteiger partial charge in [0.25, 0.3) is 0 Å². The van der Waals surface area contributed by atoms with E-state index in [0.717, 1.165) is 24.5 Å². The third-order valence-corrected chi connectivity index (χ3v) is 3.20. The predicted molar refractivity (Wildman–Crippen MR) is 91.4 cm³/mol. The van der Waals surface area contributed by atoms with Gasteiger partial charge in [0, 0.05) is 43.3 Å². The molecule has 0 bridgehead atoms. The molecule has 5 nitrogen and oxygen atoms in total. The number of pyridine rings is 1. The van der Waals surface area contributed by atoms with Gasteiger partial charge in [0.05, 0.1) is 0 Å². The Bertz CT molecular complexity index is 604. The quantitative estimate of drug-likeness (QED) is 0.919. The van der Waals surface area contributed by atoms with Crippen LogP contribution >= 0.6 is 0 Å². The first-order valence-electron chi connectivity index (χ1n) is 7.57. The second-order valence-corrected chi connectivity index (χ2v) is 6.59. The maximum absolute atomic E-state index is 4.62. The number of nitrogens with zero attached hydrogens (tertiary/aromatic N) is 4.